The lowest BCUT2D eigenvalue weighted by Crippen LogP contribution is -2.48. The molecule has 1 aromatic carbocycles. The second kappa shape index (κ2) is 7.77. The summed E-state index contributed by atoms with van der Waals surface area (Å²) >= 11 is 6.05. The molecule has 1 saturated heterocycles. The maximum Gasteiger partial charge on any atom is 0.227 e. The van der Waals surface area contributed by atoms with E-state index >= 15 is 0 Å². The van der Waals surface area contributed by atoms with Crippen molar-refractivity contribution in [1.29, 1.82) is 0 Å². The largest absolute Gasteiger partial charge is 0.394 e. The van der Waals surface area contributed by atoms with Gasteiger partial charge in [-0.15, -0.1) is 0 Å². The van der Waals surface area contributed by atoms with Gasteiger partial charge in [-0.25, -0.2) is 4.98 Å². The number of nitrogens with one attached hydrogen (secondary N) is 1. The Balaban J connectivity index is 1.37. The van der Waals surface area contributed by atoms with E-state index in [0.717, 1.165) is 43.7 Å². The predicted molar refractivity (Wildman–Crippen MR) is 120 cm³/mol. The van der Waals surface area contributed by atoms with Crippen LogP contribution in [0.3, 0.4) is 0 Å². The molecule has 5 rings (SSSR count). The highest BCUT2D eigenvalue weighted by Crippen LogP contribution is 2.48. The van der Waals surface area contributed by atoms with Gasteiger partial charge in [0.2, 0.25) is 5.95 Å². The lowest BCUT2D eigenvalue weighted by atomic mass is 9.77. The lowest BCUT2D eigenvalue weighted by Gasteiger charge is -2.41. The van der Waals surface area contributed by atoms with Crippen LogP contribution in [0.5, 0.6) is 0 Å². The van der Waals surface area contributed by atoms with Gasteiger partial charge in [-0.1, -0.05) is 23.7 Å². The van der Waals surface area contributed by atoms with Crippen molar-refractivity contribution in [3.05, 3.63) is 41.0 Å². The fourth-order valence-electron chi connectivity index (χ4n) is 5.29. The number of anilines is 2. The molecule has 6 nitrogen and oxygen atoms in total. The highest BCUT2D eigenvalue weighted by atomic mass is 35.5. The lowest BCUT2D eigenvalue weighted by molar-refractivity contribution is 0.143. The summed E-state index contributed by atoms with van der Waals surface area (Å²) in [7, 11) is -1.20. The molecule has 0 amide bonds. The molecule has 2 aliphatic carbocycles. The van der Waals surface area contributed by atoms with E-state index < -0.39 is 10.8 Å². The first-order chi connectivity index (χ1) is 14.5. The number of halogens is 1. The standard InChI is InChI=1S/C22H27ClN4O2S/c1-30(29)19-11-24-21(25-20(19)26-22(13-28)7-2-8-22)27-12-15-9-17(27)10-18(15)14-3-5-16(23)6-4-14/h3-6,11,15,17-18,28H,2,7-10,12-13H2,1H3,(H,24,25,26). The molecule has 8 heteroatoms. The van der Waals surface area contributed by atoms with Crippen molar-refractivity contribution in [3.8, 4) is 0 Å². The van der Waals surface area contributed by atoms with E-state index in [-0.39, 0.29) is 12.1 Å². The molecule has 4 unspecified atom stereocenters. The second-order valence-corrected chi connectivity index (χ2v) is 10.7. The Kier molecular flexibility index (Phi) is 5.24. The van der Waals surface area contributed by atoms with Crippen molar-refractivity contribution in [2.24, 2.45) is 5.92 Å². The summed E-state index contributed by atoms with van der Waals surface area (Å²) in [6.07, 6.45) is 8.43. The Labute approximate surface area is 184 Å². The van der Waals surface area contributed by atoms with Gasteiger partial charge in [0.1, 0.15) is 5.82 Å². The molecule has 30 heavy (non-hydrogen) atoms. The van der Waals surface area contributed by atoms with Crippen LogP contribution >= 0.6 is 11.6 Å². The number of aliphatic hydroxyl groups is 1. The highest BCUT2D eigenvalue weighted by molar-refractivity contribution is 7.84. The van der Waals surface area contributed by atoms with Gasteiger partial charge < -0.3 is 15.3 Å². The van der Waals surface area contributed by atoms with E-state index in [0.29, 0.717) is 34.5 Å². The van der Waals surface area contributed by atoms with Crippen LogP contribution in [0.2, 0.25) is 5.02 Å². The molecule has 1 aliphatic heterocycles. The van der Waals surface area contributed by atoms with Gasteiger partial charge in [-0.05, 0) is 61.6 Å². The first kappa shape index (κ1) is 20.2. The van der Waals surface area contributed by atoms with E-state index in [9.17, 15) is 9.32 Å². The van der Waals surface area contributed by atoms with Crippen molar-refractivity contribution < 1.29 is 9.32 Å². The smallest absolute Gasteiger partial charge is 0.227 e. The minimum atomic E-state index is -1.20. The molecule has 4 atom stereocenters. The normalized spacial score (nSPS) is 27.7. The van der Waals surface area contributed by atoms with Gasteiger partial charge in [0.15, 0.2) is 0 Å². The summed E-state index contributed by atoms with van der Waals surface area (Å²) in [5, 5.41) is 14.0. The summed E-state index contributed by atoms with van der Waals surface area (Å²) in [5.41, 5.74) is 1.02. The molecule has 160 valence electrons. The summed E-state index contributed by atoms with van der Waals surface area (Å²) in [6.45, 7) is 0.983. The molecule has 3 fully saturated rings. The summed E-state index contributed by atoms with van der Waals surface area (Å²) in [6, 6.07) is 8.66. The molecule has 0 radical (unpaired) electrons. The number of aromatic nitrogens is 2. The van der Waals surface area contributed by atoms with Gasteiger partial charge in [-0.2, -0.15) is 4.98 Å². The van der Waals surface area contributed by atoms with Crippen LogP contribution in [-0.4, -0.2) is 50.3 Å². The number of benzene rings is 1. The zero-order valence-corrected chi connectivity index (χ0v) is 18.6. The topological polar surface area (TPSA) is 78.4 Å². The van der Waals surface area contributed by atoms with Gasteiger partial charge in [0.05, 0.1) is 34.0 Å². The molecule has 1 aromatic heterocycles. The monoisotopic (exact) mass is 446 g/mol. The Hall–Kier alpha value is -1.70. The SMILES string of the molecule is CS(=O)c1cnc(N2CC3CC2CC3c2ccc(Cl)cc2)nc1NC1(CO)CCC1. The summed E-state index contributed by atoms with van der Waals surface area (Å²) in [4.78, 5) is 12.3. The van der Waals surface area contributed by atoms with Gasteiger partial charge in [0, 0.05) is 23.9 Å². The Bertz CT molecular complexity index is 961. The maximum absolute atomic E-state index is 12.2. The quantitative estimate of drug-likeness (QED) is 0.706. The van der Waals surface area contributed by atoms with Crippen LogP contribution in [0.15, 0.2) is 35.4 Å². The fraction of sp³-hybridized carbons (Fsp3) is 0.545. The summed E-state index contributed by atoms with van der Waals surface area (Å²) in [5.74, 6) is 2.43. The molecular formula is C22H27ClN4O2S. The number of rotatable bonds is 6. The minimum absolute atomic E-state index is 0.0549. The number of piperidine rings is 1. The molecule has 2 aromatic rings. The average molecular weight is 447 g/mol. The number of aliphatic hydroxyl groups excluding tert-OH is 1. The Morgan fingerprint density at radius 3 is 2.63 bits per heavy atom. The molecule has 2 N–H and O–H groups in total. The first-order valence-electron chi connectivity index (χ1n) is 10.6. The zero-order valence-electron chi connectivity index (χ0n) is 17.1. The Morgan fingerprint density at radius 1 is 1.30 bits per heavy atom. The molecule has 2 heterocycles. The van der Waals surface area contributed by atoms with Crippen molar-refractivity contribution in [1.82, 2.24) is 9.97 Å². The molecule has 0 spiro atoms. The van der Waals surface area contributed by atoms with Crippen LogP contribution in [0.4, 0.5) is 11.8 Å². The zero-order chi connectivity index (χ0) is 20.9. The van der Waals surface area contributed by atoms with Crippen molar-refractivity contribution in [3.63, 3.8) is 0 Å². The van der Waals surface area contributed by atoms with Gasteiger partial charge in [-0.3, -0.25) is 4.21 Å². The minimum Gasteiger partial charge on any atom is -0.394 e. The number of hydrogen-bond acceptors (Lipinski definition) is 6. The maximum atomic E-state index is 12.2. The third kappa shape index (κ3) is 3.51. The molecule has 2 saturated carbocycles. The summed E-state index contributed by atoms with van der Waals surface area (Å²) < 4.78 is 12.2. The Morgan fingerprint density at radius 2 is 2.07 bits per heavy atom. The van der Waals surface area contributed by atoms with E-state index in [1.54, 1.807) is 12.5 Å². The molecule has 3 aliphatic rings. The van der Waals surface area contributed by atoms with Crippen LogP contribution < -0.4 is 10.2 Å². The van der Waals surface area contributed by atoms with E-state index in [4.69, 9.17) is 16.6 Å². The molecule has 2 bridgehead atoms. The third-order valence-corrected chi connectivity index (χ3v) is 8.32. The molecular weight excluding hydrogens is 420 g/mol. The van der Waals surface area contributed by atoms with E-state index in [1.807, 2.05) is 12.1 Å². The number of nitrogens with zero attached hydrogens (tertiary/aromatic N) is 3. The fourth-order valence-corrected chi connectivity index (χ4v) is 5.99. The number of fused-ring (bicyclic) bond motifs is 2. The van der Waals surface area contributed by atoms with Crippen LogP contribution in [0.25, 0.3) is 0 Å². The third-order valence-electron chi connectivity index (χ3n) is 7.15. The van der Waals surface area contributed by atoms with Crippen molar-refractivity contribution in [2.75, 3.05) is 29.6 Å². The average Bonchev–Trinajstić information content (AvgIpc) is 3.32. The van der Waals surface area contributed by atoms with Crippen LogP contribution in [0.1, 0.15) is 43.6 Å². The van der Waals surface area contributed by atoms with Gasteiger partial charge >= 0.3 is 0 Å². The predicted octanol–water partition coefficient (Wildman–Crippen LogP) is 3.58. The van der Waals surface area contributed by atoms with Crippen molar-refractivity contribution in [2.45, 2.75) is 54.5 Å². The number of hydrogen-bond donors (Lipinski definition) is 2. The van der Waals surface area contributed by atoms with E-state index in [2.05, 4.69) is 27.3 Å². The second-order valence-electron chi connectivity index (χ2n) is 8.95. The van der Waals surface area contributed by atoms with E-state index in [1.165, 1.54) is 5.56 Å². The van der Waals surface area contributed by atoms with Gasteiger partial charge in [0.25, 0.3) is 0 Å². The van der Waals surface area contributed by atoms with Crippen molar-refractivity contribution >= 4 is 34.2 Å². The van der Waals surface area contributed by atoms with Crippen LogP contribution in [0, 0.1) is 5.92 Å². The highest BCUT2D eigenvalue weighted by Gasteiger charge is 2.46. The first-order valence-corrected chi connectivity index (χ1v) is 12.5. The van der Waals surface area contributed by atoms with Crippen LogP contribution in [-0.2, 0) is 10.8 Å².